The molecule has 3 rings (SSSR count). The van der Waals surface area contributed by atoms with E-state index < -0.39 is 10.0 Å². The Morgan fingerprint density at radius 3 is 2.58 bits per heavy atom. The minimum Gasteiger partial charge on any atom is -0.347 e. The highest BCUT2D eigenvalue weighted by Gasteiger charge is 2.27. The van der Waals surface area contributed by atoms with Crippen LogP contribution in [0.4, 0.5) is 0 Å². The Balaban J connectivity index is 1.60. The number of rotatable bonds is 8. The Morgan fingerprint density at radius 1 is 1.27 bits per heavy atom. The van der Waals surface area contributed by atoms with E-state index in [1.807, 2.05) is 6.92 Å². The molecule has 1 aromatic heterocycles. The zero-order chi connectivity index (χ0) is 18.7. The second kappa shape index (κ2) is 7.85. The zero-order valence-corrected chi connectivity index (χ0v) is 16.5. The van der Waals surface area contributed by atoms with Gasteiger partial charge in [-0.3, -0.25) is 4.79 Å². The lowest BCUT2D eigenvalue weighted by molar-refractivity contribution is 0.0954. The van der Waals surface area contributed by atoms with Gasteiger partial charge in [-0.1, -0.05) is 19.1 Å². The van der Waals surface area contributed by atoms with Crippen molar-refractivity contribution in [2.75, 3.05) is 0 Å². The number of sulfonamides is 1. The third kappa shape index (κ3) is 4.69. The van der Waals surface area contributed by atoms with E-state index in [0.717, 1.165) is 41.9 Å². The van der Waals surface area contributed by atoms with E-state index in [1.165, 1.54) is 11.3 Å². The van der Waals surface area contributed by atoms with Crippen LogP contribution >= 0.6 is 11.3 Å². The normalized spacial score (nSPS) is 14.4. The van der Waals surface area contributed by atoms with Gasteiger partial charge in [-0.05, 0) is 50.3 Å². The monoisotopic (exact) mass is 393 g/mol. The first-order chi connectivity index (χ1) is 12.4. The molecule has 1 aliphatic rings. The summed E-state index contributed by atoms with van der Waals surface area (Å²) in [6, 6.07) is 6.68. The number of nitrogens with zero attached hydrogens (tertiary/aromatic N) is 1. The number of benzene rings is 1. The minimum absolute atomic E-state index is 0.0826. The molecule has 1 fully saturated rings. The molecule has 26 heavy (non-hydrogen) atoms. The predicted octanol–water partition coefficient (Wildman–Crippen LogP) is 2.77. The van der Waals surface area contributed by atoms with Crippen LogP contribution in [0.2, 0.25) is 0 Å². The molecule has 0 saturated heterocycles. The average molecular weight is 394 g/mol. The Kier molecular flexibility index (Phi) is 5.74. The van der Waals surface area contributed by atoms with Gasteiger partial charge in [-0.25, -0.2) is 18.1 Å². The number of aromatic nitrogens is 1. The second-order valence-corrected chi connectivity index (χ2v) is 9.29. The third-order valence-corrected chi connectivity index (χ3v) is 6.85. The summed E-state index contributed by atoms with van der Waals surface area (Å²) in [4.78, 5) is 17.7. The number of hydrogen-bond acceptors (Lipinski definition) is 5. The van der Waals surface area contributed by atoms with Crippen LogP contribution in [-0.4, -0.2) is 25.4 Å². The molecule has 6 nitrogen and oxygen atoms in total. The average Bonchev–Trinajstić information content (AvgIpc) is 3.33. The van der Waals surface area contributed by atoms with E-state index >= 15 is 0 Å². The Morgan fingerprint density at radius 2 is 1.96 bits per heavy atom. The van der Waals surface area contributed by atoms with Crippen LogP contribution in [0.3, 0.4) is 0 Å². The molecular formula is C18H23N3O3S2. The first kappa shape index (κ1) is 19.0. The van der Waals surface area contributed by atoms with Gasteiger partial charge in [0.05, 0.1) is 15.6 Å². The SMILES string of the molecule is CCCc1nc(C)c(C(=O)NCc2ccc(S(=O)(=O)NC3CC3)cc2)s1. The van der Waals surface area contributed by atoms with E-state index in [4.69, 9.17) is 0 Å². The number of thiazole rings is 1. The molecule has 0 aliphatic heterocycles. The molecule has 0 unspecified atom stereocenters. The summed E-state index contributed by atoms with van der Waals surface area (Å²) in [6.07, 6.45) is 3.68. The van der Waals surface area contributed by atoms with Crippen LogP contribution in [0.5, 0.6) is 0 Å². The van der Waals surface area contributed by atoms with Crippen molar-refractivity contribution in [3.8, 4) is 0 Å². The van der Waals surface area contributed by atoms with Crippen molar-refractivity contribution in [3.63, 3.8) is 0 Å². The van der Waals surface area contributed by atoms with Gasteiger partial charge in [0.15, 0.2) is 0 Å². The third-order valence-electron chi connectivity index (χ3n) is 4.10. The minimum atomic E-state index is -3.44. The molecule has 2 N–H and O–H groups in total. The van der Waals surface area contributed by atoms with Crippen molar-refractivity contribution in [2.45, 2.75) is 57.0 Å². The van der Waals surface area contributed by atoms with Crippen molar-refractivity contribution in [3.05, 3.63) is 45.4 Å². The van der Waals surface area contributed by atoms with Crippen molar-refractivity contribution in [1.29, 1.82) is 0 Å². The van der Waals surface area contributed by atoms with Gasteiger partial charge in [0.2, 0.25) is 10.0 Å². The highest BCUT2D eigenvalue weighted by Crippen LogP contribution is 2.22. The van der Waals surface area contributed by atoms with Crippen LogP contribution in [0.1, 0.15) is 52.1 Å². The fraction of sp³-hybridized carbons (Fsp3) is 0.444. The highest BCUT2D eigenvalue weighted by atomic mass is 32.2. The Bertz CT molecular complexity index is 885. The highest BCUT2D eigenvalue weighted by molar-refractivity contribution is 7.89. The van der Waals surface area contributed by atoms with Gasteiger partial charge in [0, 0.05) is 12.6 Å². The number of aryl methyl sites for hydroxylation is 2. The summed E-state index contributed by atoms with van der Waals surface area (Å²) in [5.41, 5.74) is 1.60. The number of carbonyl (C=O) groups excluding carboxylic acids is 1. The van der Waals surface area contributed by atoms with Gasteiger partial charge in [-0.15, -0.1) is 11.3 Å². The Hall–Kier alpha value is -1.77. The molecule has 0 radical (unpaired) electrons. The quantitative estimate of drug-likeness (QED) is 0.722. The molecule has 1 heterocycles. The summed E-state index contributed by atoms with van der Waals surface area (Å²) < 4.78 is 27.0. The lowest BCUT2D eigenvalue weighted by atomic mass is 10.2. The first-order valence-corrected chi connectivity index (χ1v) is 11.0. The van der Waals surface area contributed by atoms with E-state index in [1.54, 1.807) is 24.3 Å². The van der Waals surface area contributed by atoms with Crippen LogP contribution < -0.4 is 10.0 Å². The fourth-order valence-corrected chi connectivity index (χ4v) is 4.91. The molecular weight excluding hydrogens is 370 g/mol. The van der Waals surface area contributed by atoms with Crippen molar-refractivity contribution >= 4 is 27.3 Å². The number of nitrogens with one attached hydrogen (secondary N) is 2. The van der Waals surface area contributed by atoms with Crippen molar-refractivity contribution < 1.29 is 13.2 Å². The number of carbonyl (C=O) groups is 1. The maximum absolute atomic E-state index is 12.4. The maximum Gasteiger partial charge on any atom is 0.263 e. The standard InChI is InChI=1S/C18H23N3O3S2/c1-3-4-16-20-12(2)17(25-16)18(22)19-11-13-5-9-15(10-6-13)26(23,24)21-14-7-8-14/h5-6,9-10,14,21H,3-4,7-8,11H2,1-2H3,(H,19,22). The molecule has 1 aliphatic carbocycles. The fourth-order valence-electron chi connectivity index (χ4n) is 2.52. The van der Waals surface area contributed by atoms with Gasteiger partial charge >= 0.3 is 0 Å². The Labute approximate surface area is 158 Å². The van der Waals surface area contributed by atoms with Gasteiger partial charge in [0.25, 0.3) is 5.91 Å². The number of hydrogen-bond donors (Lipinski definition) is 2. The second-order valence-electron chi connectivity index (χ2n) is 6.49. The maximum atomic E-state index is 12.4. The summed E-state index contributed by atoms with van der Waals surface area (Å²) in [5, 5.41) is 3.86. The molecule has 140 valence electrons. The molecule has 0 spiro atoms. The van der Waals surface area contributed by atoms with E-state index in [0.29, 0.717) is 11.4 Å². The number of amides is 1. The molecule has 1 saturated carbocycles. The molecule has 0 bridgehead atoms. The lowest BCUT2D eigenvalue weighted by Gasteiger charge is -2.07. The topological polar surface area (TPSA) is 88.2 Å². The molecule has 0 atom stereocenters. The molecule has 1 aromatic carbocycles. The first-order valence-electron chi connectivity index (χ1n) is 8.75. The molecule has 2 aromatic rings. The van der Waals surface area contributed by atoms with E-state index in [-0.39, 0.29) is 16.8 Å². The largest absolute Gasteiger partial charge is 0.347 e. The summed E-state index contributed by atoms with van der Waals surface area (Å²) >= 11 is 1.43. The lowest BCUT2D eigenvalue weighted by Crippen LogP contribution is -2.26. The summed E-state index contributed by atoms with van der Waals surface area (Å²) in [6.45, 7) is 4.27. The van der Waals surface area contributed by atoms with E-state index in [9.17, 15) is 13.2 Å². The molecule has 8 heteroatoms. The smallest absolute Gasteiger partial charge is 0.263 e. The van der Waals surface area contributed by atoms with Gasteiger partial charge < -0.3 is 5.32 Å². The van der Waals surface area contributed by atoms with Crippen molar-refractivity contribution in [1.82, 2.24) is 15.0 Å². The van der Waals surface area contributed by atoms with Crippen LogP contribution in [0.25, 0.3) is 0 Å². The summed E-state index contributed by atoms with van der Waals surface area (Å²) in [5.74, 6) is -0.144. The van der Waals surface area contributed by atoms with Gasteiger partial charge in [0.1, 0.15) is 4.88 Å². The van der Waals surface area contributed by atoms with Crippen LogP contribution in [0, 0.1) is 6.92 Å². The van der Waals surface area contributed by atoms with Crippen LogP contribution in [-0.2, 0) is 23.0 Å². The molecule has 1 amide bonds. The van der Waals surface area contributed by atoms with Crippen LogP contribution in [0.15, 0.2) is 29.2 Å². The van der Waals surface area contributed by atoms with Crippen molar-refractivity contribution in [2.24, 2.45) is 0 Å². The van der Waals surface area contributed by atoms with E-state index in [2.05, 4.69) is 21.9 Å². The van der Waals surface area contributed by atoms with Gasteiger partial charge in [-0.2, -0.15) is 0 Å². The summed E-state index contributed by atoms with van der Waals surface area (Å²) in [7, 11) is -3.44. The predicted molar refractivity (Wildman–Crippen MR) is 102 cm³/mol. The zero-order valence-electron chi connectivity index (χ0n) is 14.9.